The van der Waals surface area contributed by atoms with Gasteiger partial charge in [0.2, 0.25) is 0 Å². The second kappa shape index (κ2) is 9.42. The molecule has 9 atom stereocenters. The third-order valence-corrected chi connectivity index (χ3v) is 12.6. The van der Waals surface area contributed by atoms with E-state index in [-0.39, 0.29) is 0 Å². The molecule has 0 N–H and O–H groups in total. The molecule has 0 aromatic carbocycles. The van der Waals surface area contributed by atoms with Crippen LogP contribution in [0.25, 0.3) is 0 Å². The molecule has 0 saturated heterocycles. The summed E-state index contributed by atoms with van der Waals surface area (Å²) in [6.07, 6.45) is 17.3. The van der Waals surface area contributed by atoms with E-state index in [2.05, 4.69) is 67.3 Å². The molecule has 0 unspecified atom stereocenters. The van der Waals surface area contributed by atoms with Crippen LogP contribution in [0, 0.1) is 52.3 Å². The number of fused-ring (bicyclic) bond motifs is 5. The second-order valence-electron chi connectivity index (χ2n) is 14.9. The van der Waals surface area contributed by atoms with E-state index in [4.69, 9.17) is 4.43 Å². The topological polar surface area (TPSA) is 9.23 Å². The molecule has 0 bridgehead atoms. The molecule has 4 aliphatic rings. The number of allylic oxidation sites excluding steroid dienone is 1. The lowest BCUT2D eigenvalue weighted by Crippen LogP contribution is -2.51. The average Bonchev–Trinajstić information content (AvgIpc) is 3.08. The highest BCUT2D eigenvalue weighted by atomic mass is 28.4. The Balaban J connectivity index is 1.46. The maximum absolute atomic E-state index is 6.59. The van der Waals surface area contributed by atoms with Crippen molar-refractivity contribution in [3.05, 3.63) is 11.6 Å². The van der Waals surface area contributed by atoms with Crippen LogP contribution in [0.5, 0.6) is 0 Å². The predicted octanol–water partition coefficient (Wildman–Crippen LogP) is 9.49. The molecule has 0 aromatic rings. The van der Waals surface area contributed by atoms with E-state index in [0.29, 0.717) is 16.9 Å². The van der Waals surface area contributed by atoms with Gasteiger partial charge in [-0.2, -0.15) is 0 Å². The summed E-state index contributed by atoms with van der Waals surface area (Å²) in [6, 6.07) is 0. The van der Waals surface area contributed by atoms with Gasteiger partial charge in [-0.25, -0.2) is 0 Å². The first-order chi connectivity index (χ1) is 15.3. The largest absolute Gasteiger partial charge is 0.414 e. The highest BCUT2D eigenvalue weighted by Crippen LogP contribution is 2.67. The van der Waals surface area contributed by atoms with E-state index in [9.17, 15) is 0 Å². The first-order valence-corrected chi connectivity index (χ1v) is 18.1. The van der Waals surface area contributed by atoms with E-state index < -0.39 is 8.32 Å². The summed E-state index contributed by atoms with van der Waals surface area (Å²) in [6.45, 7) is 22.3. The molecule has 4 aliphatic carbocycles. The fourth-order valence-corrected chi connectivity index (χ4v) is 10.5. The molecule has 0 heterocycles. The Hall–Kier alpha value is -0.0831. The molecular weight excluding hydrogens is 416 g/mol. The van der Waals surface area contributed by atoms with Gasteiger partial charge in [-0.15, -0.1) is 0 Å². The van der Waals surface area contributed by atoms with Gasteiger partial charge in [-0.3, -0.25) is 0 Å². The third kappa shape index (κ3) is 4.96. The summed E-state index contributed by atoms with van der Waals surface area (Å²) in [4.78, 5) is 0. The highest BCUT2D eigenvalue weighted by Gasteiger charge is 2.59. The lowest BCUT2D eigenvalue weighted by Gasteiger charge is -2.58. The predicted molar refractivity (Wildman–Crippen MR) is 146 cm³/mol. The number of rotatable bonds is 7. The van der Waals surface area contributed by atoms with Crippen molar-refractivity contribution in [3.8, 4) is 0 Å². The Kier molecular flexibility index (Phi) is 7.42. The smallest absolute Gasteiger partial charge is 0.184 e. The maximum atomic E-state index is 6.59. The first kappa shape index (κ1) is 26.0. The summed E-state index contributed by atoms with van der Waals surface area (Å²) in [5, 5.41) is 0. The van der Waals surface area contributed by atoms with Gasteiger partial charge in [0, 0.05) is 6.10 Å². The van der Waals surface area contributed by atoms with Crippen molar-refractivity contribution >= 4 is 8.32 Å². The lowest BCUT2D eigenvalue weighted by atomic mass is 9.47. The molecule has 0 radical (unpaired) electrons. The summed E-state index contributed by atoms with van der Waals surface area (Å²) >= 11 is 0. The fourth-order valence-electron chi connectivity index (χ4n) is 9.26. The van der Waals surface area contributed by atoms with Gasteiger partial charge in [0.15, 0.2) is 8.32 Å². The van der Waals surface area contributed by atoms with Crippen LogP contribution >= 0.6 is 0 Å². The quantitative estimate of drug-likeness (QED) is 0.265. The Morgan fingerprint density at radius 2 is 1.67 bits per heavy atom. The SMILES string of the molecule is CC(C)[C@H](C)CC[C@@H](C)[C@H]1CC[C@H]2[C@@H]3CC=C4C[C@@H](O[Si](C)(C)C)CC[C@]4(C)[C@H]3CC[C@]12C. The van der Waals surface area contributed by atoms with Crippen LogP contribution in [0.2, 0.25) is 19.6 Å². The van der Waals surface area contributed by atoms with E-state index >= 15 is 0 Å². The van der Waals surface area contributed by atoms with E-state index in [1.807, 2.05) is 0 Å². The first-order valence-electron chi connectivity index (χ1n) is 14.7. The zero-order chi connectivity index (χ0) is 24.2. The van der Waals surface area contributed by atoms with Gasteiger partial charge in [-0.1, -0.05) is 66.0 Å². The van der Waals surface area contributed by atoms with Gasteiger partial charge in [0.05, 0.1) is 0 Å². The van der Waals surface area contributed by atoms with Crippen LogP contribution < -0.4 is 0 Å². The molecule has 1 nitrogen and oxygen atoms in total. The molecule has 2 heteroatoms. The Morgan fingerprint density at radius 3 is 2.33 bits per heavy atom. The molecule has 0 amide bonds. The fraction of sp³-hybridized carbons (Fsp3) is 0.935. The van der Waals surface area contributed by atoms with Gasteiger partial charge < -0.3 is 4.43 Å². The molecule has 0 spiro atoms. The zero-order valence-electron chi connectivity index (χ0n) is 23.7. The summed E-state index contributed by atoms with van der Waals surface area (Å²) in [7, 11) is -1.45. The van der Waals surface area contributed by atoms with Crippen LogP contribution in [-0.2, 0) is 4.43 Å². The van der Waals surface area contributed by atoms with E-state index in [1.54, 1.807) is 5.57 Å². The van der Waals surface area contributed by atoms with Gasteiger partial charge in [0.1, 0.15) is 0 Å². The highest BCUT2D eigenvalue weighted by molar-refractivity contribution is 6.69. The standard InChI is InChI=1S/C31H56OSi/c1-21(2)22(3)10-11-23(4)27-14-15-28-26-13-12-24-20-25(32-33(7,8)9)16-18-30(24,5)29(26)17-19-31(27,28)6/h12,21-23,25-29H,10-11,13-20H2,1-9H3/t22-,23-,25+,26+,27-,28+,29+,30+,31-/m1/s1. The van der Waals surface area contributed by atoms with Gasteiger partial charge in [-0.05, 0) is 123 Å². The third-order valence-electron chi connectivity index (χ3n) is 11.6. The van der Waals surface area contributed by atoms with Crippen LogP contribution in [0.3, 0.4) is 0 Å². The van der Waals surface area contributed by atoms with Crippen molar-refractivity contribution in [3.63, 3.8) is 0 Å². The lowest BCUT2D eigenvalue weighted by molar-refractivity contribution is -0.0565. The van der Waals surface area contributed by atoms with Crippen molar-refractivity contribution in [1.29, 1.82) is 0 Å². The van der Waals surface area contributed by atoms with Gasteiger partial charge >= 0.3 is 0 Å². The second-order valence-corrected chi connectivity index (χ2v) is 19.3. The van der Waals surface area contributed by atoms with Crippen molar-refractivity contribution in [2.75, 3.05) is 0 Å². The zero-order valence-corrected chi connectivity index (χ0v) is 24.7. The monoisotopic (exact) mass is 472 g/mol. The summed E-state index contributed by atoms with van der Waals surface area (Å²) in [5.74, 6) is 6.40. The van der Waals surface area contributed by atoms with Crippen LogP contribution in [0.15, 0.2) is 11.6 Å². The number of hydrogen-bond donors (Lipinski definition) is 0. The molecule has 4 rings (SSSR count). The Labute approximate surface area is 208 Å². The summed E-state index contributed by atoms with van der Waals surface area (Å²) in [5.41, 5.74) is 2.84. The molecule has 33 heavy (non-hydrogen) atoms. The normalized spacial score (nSPS) is 42.8. The molecule has 190 valence electrons. The molecule has 0 aliphatic heterocycles. The summed E-state index contributed by atoms with van der Waals surface area (Å²) < 4.78 is 6.59. The van der Waals surface area contributed by atoms with Crippen molar-refractivity contribution in [2.45, 2.75) is 131 Å². The number of hydrogen-bond acceptors (Lipinski definition) is 1. The van der Waals surface area contributed by atoms with Crippen LogP contribution in [0.4, 0.5) is 0 Å². The van der Waals surface area contributed by atoms with Crippen LogP contribution in [-0.4, -0.2) is 14.4 Å². The van der Waals surface area contributed by atoms with E-state index in [1.165, 1.54) is 64.2 Å². The minimum absolute atomic E-state index is 0.458. The molecule has 3 fully saturated rings. The van der Waals surface area contributed by atoms with Gasteiger partial charge in [0.25, 0.3) is 0 Å². The average molecular weight is 473 g/mol. The van der Waals surface area contributed by atoms with Crippen molar-refractivity contribution < 1.29 is 4.43 Å². The molecular formula is C31H56OSi. The Bertz CT molecular complexity index is 719. The molecule has 3 saturated carbocycles. The molecule has 0 aromatic heterocycles. The Morgan fingerprint density at radius 1 is 0.939 bits per heavy atom. The maximum Gasteiger partial charge on any atom is 0.184 e. The van der Waals surface area contributed by atoms with Crippen molar-refractivity contribution in [1.82, 2.24) is 0 Å². The van der Waals surface area contributed by atoms with Crippen LogP contribution in [0.1, 0.15) is 106 Å². The minimum atomic E-state index is -1.45. The van der Waals surface area contributed by atoms with E-state index in [0.717, 1.165) is 41.4 Å². The minimum Gasteiger partial charge on any atom is -0.414 e. The van der Waals surface area contributed by atoms with Crippen molar-refractivity contribution in [2.24, 2.45) is 52.3 Å².